The molecule has 22 heavy (non-hydrogen) atoms. The zero-order valence-corrected chi connectivity index (χ0v) is 12.5. The van der Waals surface area contributed by atoms with E-state index in [1.165, 1.54) is 0 Å². The Balaban J connectivity index is 3.79. The van der Waals surface area contributed by atoms with Crippen LogP contribution in [0.4, 0.5) is 14.5 Å². The number of nitro groups is 1. The number of nitrogens with two attached hydrogens (primary N) is 1. The second-order valence-electron chi connectivity index (χ2n) is 5.08. The van der Waals surface area contributed by atoms with Crippen molar-refractivity contribution in [2.45, 2.75) is 25.0 Å². The molecule has 0 saturated heterocycles. The second-order valence-corrected chi connectivity index (χ2v) is 6.28. The van der Waals surface area contributed by atoms with Crippen LogP contribution in [0.1, 0.15) is 25.8 Å². The number of primary amides is 1. The van der Waals surface area contributed by atoms with E-state index in [4.69, 9.17) is 5.73 Å². The van der Waals surface area contributed by atoms with Gasteiger partial charge < -0.3 is 10.3 Å². The molecule has 0 aliphatic heterocycles. The Labute approximate surface area is 126 Å². The fourth-order valence-corrected chi connectivity index (χ4v) is 3.13. The Hall–Kier alpha value is -1.94. The minimum absolute atomic E-state index is 0.320. The van der Waals surface area contributed by atoms with E-state index in [1.54, 1.807) is 13.8 Å². The Morgan fingerprint density at radius 1 is 1.50 bits per heavy atom. The van der Waals surface area contributed by atoms with E-state index in [0.29, 0.717) is 12.1 Å². The molecule has 7 nitrogen and oxygen atoms in total. The lowest BCUT2D eigenvalue weighted by molar-refractivity contribution is -0.385. The Morgan fingerprint density at radius 2 is 2.05 bits per heavy atom. The van der Waals surface area contributed by atoms with Crippen molar-refractivity contribution in [1.82, 2.24) is 0 Å². The van der Waals surface area contributed by atoms with Gasteiger partial charge in [-0.3, -0.25) is 14.9 Å². The number of nitrogens with zero attached hydrogens (tertiary/aromatic N) is 1. The summed E-state index contributed by atoms with van der Waals surface area (Å²) in [5.41, 5.74) is 3.39. The van der Waals surface area contributed by atoms with E-state index in [1.807, 2.05) is 0 Å². The molecule has 3 N–H and O–H groups in total. The van der Waals surface area contributed by atoms with Gasteiger partial charge in [-0.15, -0.1) is 0 Å². The Morgan fingerprint density at radius 3 is 2.41 bits per heavy atom. The molecule has 0 spiro atoms. The molecule has 1 aromatic rings. The molecule has 0 aliphatic carbocycles. The summed E-state index contributed by atoms with van der Waals surface area (Å²) in [4.78, 5) is 21.5. The predicted molar refractivity (Wildman–Crippen MR) is 74.1 cm³/mol. The summed E-state index contributed by atoms with van der Waals surface area (Å²) in [6.45, 7) is 3.13. The number of rotatable bonds is 6. The monoisotopic (exact) mass is 336 g/mol. The maximum absolute atomic E-state index is 14.1. The lowest BCUT2D eigenvalue weighted by atomic mass is 9.88. The van der Waals surface area contributed by atoms with Crippen LogP contribution in [0.2, 0.25) is 0 Å². The molecule has 10 heteroatoms. The third-order valence-electron chi connectivity index (χ3n) is 3.05. The number of nitro benzene ring substituents is 1. The van der Waals surface area contributed by atoms with Crippen LogP contribution >= 0.6 is 0 Å². The van der Waals surface area contributed by atoms with E-state index in [2.05, 4.69) is 0 Å². The molecule has 0 aromatic heterocycles. The van der Waals surface area contributed by atoms with Gasteiger partial charge in [-0.25, -0.2) is 13.0 Å². The normalized spacial score (nSPS) is 15.4. The summed E-state index contributed by atoms with van der Waals surface area (Å²) in [5, 5.41) is 10.8. The van der Waals surface area contributed by atoms with Gasteiger partial charge in [-0.2, -0.15) is 0 Å². The lowest BCUT2D eigenvalue weighted by Crippen LogP contribution is -2.46. The quantitative estimate of drug-likeness (QED) is 0.466. The first-order chi connectivity index (χ1) is 10.0. The van der Waals surface area contributed by atoms with Crippen LogP contribution in [0.25, 0.3) is 0 Å². The number of benzene rings is 1. The smallest absolute Gasteiger partial charge is 0.272 e. The van der Waals surface area contributed by atoms with Crippen LogP contribution in [0, 0.1) is 27.7 Å². The molecular weight excluding hydrogens is 322 g/mol. The summed E-state index contributed by atoms with van der Waals surface area (Å²) in [6, 6.07) is 0.875. The minimum Gasteiger partial charge on any atom is -0.368 e. The molecule has 122 valence electrons. The van der Waals surface area contributed by atoms with Gasteiger partial charge in [0, 0.05) is 11.6 Å². The van der Waals surface area contributed by atoms with E-state index in [-0.39, 0.29) is 6.42 Å². The van der Waals surface area contributed by atoms with Gasteiger partial charge in [0.25, 0.3) is 5.69 Å². The highest BCUT2D eigenvalue weighted by Gasteiger charge is 2.48. The van der Waals surface area contributed by atoms with Crippen LogP contribution in [0.5, 0.6) is 0 Å². The van der Waals surface area contributed by atoms with Crippen molar-refractivity contribution >= 4 is 22.7 Å². The van der Waals surface area contributed by atoms with Crippen LogP contribution in [-0.2, 0) is 20.6 Å². The van der Waals surface area contributed by atoms with Gasteiger partial charge in [0.15, 0.2) is 27.5 Å². The van der Waals surface area contributed by atoms with E-state index in [0.717, 1.165) is 0 Å². The van der Waals surface area contributed by atoms with Crippen molar-refractivity contribution in [3.05, 3.63) is 39.4 Å². The molecule has 0 fully saturated rings. The van der Waals surface area contributed by atoms with Gasteiger partial charge >= 0.3 is 0 Å². The number of hydrogen-bond acceptors (Lipinski definition) is 4. The number of halogens is 2. The maximum atomic E-state index is 14.1. The molecule has 2 atom stereocenters. The highest BCUT2D eigenvalue weighted by molar-refractivity contribution is 7.81. The van der Waals surface area contributed by atoms with Crippen molar-refractivity contribution in [2.24, 2.45) is 11.7 Å². The third-order valence-corrected chi connectivity index (χ3v) is 4.23. The van der Waals surface area contributed by atoms with Crippen molar-refractivity contribution in [3.63, 3.8) is 0 Å². The van der Waals surface area contributed by atoms with Gasteiger partial charge in [0.05, 0.1) is 11.0 Å². The van der Waals surface area contributed by atoms with Crippen LogP contribution < -0.4 is 5.73 Å². The molecule has 1 rings (SSSR count). The van der Waals surface area contributed by atoms with Crippen molar-refractivity contribution < 1.29 is 27.3 Å². The molecule has 0 radical (unpaired) electrons. The molecule has 1 aromatic carbocycles. The van der Waals surface area contributed by atoms with E-state index in [9.17, 15) is 32.5 Å². The topological polar surface area (TPSA) is 124 Å². The Bertz CT molecular complexity index is 637. The highest BCUT2D eigenvalue weighted by atomic mass is 32.2. The maximum Gasteiger partial charge on any atom is 0.272 e. The number of carbonyl (C=O) groups excluding carboxylic acids is 1. The Kier molecular flexibility index (Phi) is 5.30. The summed E-state index contributed by atoms with van der Waals surface area (Å²) < 4.78 is 46.3. The van der Waals surface area contributed by atoms with Gasteiger partial charge in [-0.05, 0) is 12.3 Å². The first-order valence-corrected chi connectivity index (χ1v) is 7.19. The van der Waals surface area contributed by atoms with Gasteiger partial charge in [-0.1, -0.05) is 13.8 Å². The minimum atomic E-state index is -3.01. The third kappa shape index (κ3) is 3.12. The van der Waals surface area contributed by atoms with Crippen molar-refractivity contribution in [2.75, 3.05) is 0 Å². The second kappa shape index (κ2) is 6.44. The first-order valence-electron chi connectivity index (χ1n) is 6.08. The van der Waals surface area contributed by atoms with Gasteiger partial charge in [0.2, 0.25) is 5.91 Å². The summed E-state index contributed by atoms with van der Waals surface area (Å²) in [5.74, 6) is -5.00. The van der Waals surface area contributed by atoms with E-state index >= 15 is 0 Å². The van der Waals surface area contributed by atoms with Crippen LogP contribution in [-0.4, -0.2) is 19.6 Å². The first kappa shape index (κ1) is 18.1. The largest absolute Gasteiger partial charge is 0.368 e. The van der Waals surface area contributed by atoms with Crippen LogP contribution in [0.3, 0.4) is 0 Å². The zero-order valence-electron chi connectivity index (χ0n) is 11.7. The lowest BCUT2D eigenvalue weighted by Gasteiger charge is -2.29. The molecule has 0 aliphatic rings. The molecule has 0 heterocycles. The average Bonchev–Trinajstić information content (AvgIpc) is 2.37. The molecular formula is C12H14F2N2O5S. The highest BCUT2D eigenvalue weighted by Crippen LogP contribution is 2.38. The number of non-ortho nitro benzene ring substituents is 1. The fraction of sp³-hybridized carbons (Fsp3) is 0.417. The molecule has 1 amide bonds. The summed E-state index contributed by atoms with van der Waals surface area (Å²) in [7, 11) is 0. The van der Waals surface area contributed by atoms with Gasteiger partial charge in [0.1, 0.15) is 0 Å². The fourth-order valence-electron chi connectivity index (χ4n) is 2.14. The molecule has 2 unspecified atom stereocenters. The number of carbonyl (C=O) groups is 1. The standard InChI is InChI=1S/C12H14F2N2O5S/c1-6(2)5-12(11(15)17,22(20)21)8-3-7(16(18)19)4-9(13)10(8)14/h3-4,6H,5H2,1-2H3,(H2,15,17)(H,20,21). The van der Waals surface area contributed by atoms with Crippen LogP contribution in [0.15, 0.2) is 12.1 Å². The van der Waals surface area contributed by atoms with Crippen molar-refractivity contribution in [1.29, 1.82) is 0 Å². The summed E-state index contributed by atoms with van der Waals surface area (Å²) in [6.07, 6.45) is -0.386. The predicted octanol–water partition coefficient (Wildman–Crippen LogP) is 1.82. The van der Waals surface area contributed by atoms with E-state index < -0.39 is 55.5 Å². The zero-order chi connectivity index (χ0) is 17.2. The SMILES string of the molecule is CC(C)CC(C(N)=O)(c1cc([N+](=O)[O-])cc(F)c1F)S(=O)O. The number of amides is 1. The molecule has 0 bridgehead atoms. The number of hydrogen-bond donors (Lipinski definition) is 2. The summed E-state index contributed by atoms with van der Waals surface area (Å²) >= 11 is -3.01. The van der Waals surface area contributed by atoms with Crippen molar-refractivity contribution in [3.8, 4) is 0 Å². The average molecular weight is 336 g/mol. The molecule has 0 saturated carbocycles.